The van der Waals surface area contributed by atoms with E-state index >= 15 is 0 Å². The van der Waals surface area contributed by atoms with E-state index in [1.807, 2.05) is 7.05 Å². The molecule has 0 aliphatic rings. The highest BCUT2D eigenvalue weighted by Crippen LogP contribution is 1.85. The zero-order chi connectivity index (χ0) is 7.82. The molecule has 3 heteroatoms. The number of likely N-dealkylation sites (N-methyl/N-ethyl adjacent to an activating group) is 1. The molecule has 3 nitrogen and oxygen atoms in total. The van der Waals surface area contributed by atoms with Crippen molar-refractivity contribution in [1.82, 2.24) is 4.90 Å². The fraction of sp³-hybridized carbons (Fsp3) is 1.00. The molecule has 0 rings (SSSR count). The van der Waals surface area contributed by atoms with Gasteiger partial charge in [0.1, 0.15) is 0 Å². The molecule has 0 unspecified atom stereocenters. The van der Waals surface area contributed by atoms with Crippen LogP contribution in [0.25, 0.3) is 0 Å². The molecule has 1 N–H and O–H groups in total. The Balaban J connectivity index is 3.00. The highest BCUT2D eigenvalue weighted by molar-refractivity contribution is 4.48. The van der Waals surface area contributed by atoms with Gasteiger partial charge in [0.15, 0.2) is 0 Å². The van der Waals surface area contributed by atoms with Crippen molar-refractivity contribution in [3.63, 3.8) is 0 Å². The van der Waals surface area contributed by atoms with Gasteiger partial charge in [-0.3, -0.25) is 0 Å². The predicted molar refractivity (Wildman–Crippen MR) is 41.1 cm³/mol. The minimum absolute atomic E-state index is 0.275. The summed E-state index contributed by atoms with van der Waals surface area (Å²) in [5, 5.41) is 8.48. The molecule has 0 aromatic rings. The van der Waals surface area contributed by atoms with E-state index in [2.05, 4.69) is 4.90 Å². The molecule has 0 spiro atoms. The third-order valence-corrected chi connectivity index (χ3v) is 1.38. The molecule has 62 valence electrons. The summed E-state index contributed by atoms with van der Waals surface area (Å²) in [6.45, 7) is 2.93. The fourth-order valence-electron chi connectivity index (χ4n) is 0.700. The molecule has 0 atom stereocenters. The molecule has 0 aromatic heterocycles. The van der Waals surface area contributed by atoms with Crippen molar-refractivity contribution in [3.05, 3.63) is 0 Å². The SMILES string of the molecule is COCCN(C)CCCO. The third-order valence-electron chi connectivity index (χ3n) is 1.38. The van der Waals surface area contributed by atoms with Gasteiger partial charge in [-0.25, -0.2) is 0 Å². The maximum absolute atomic E-state index is 8.48. The van der Waals surface area contributed by atoms with E-state index < -0.39 is 0 Å². The number of methoxy groups -OCH3 is 1. The van der Waals surface area contributed by atoms with Crippen LogP contribution in [0.4, 0.5) is 0 Å². The zero-order valence-electron chi connectivity index (χ0n) is 6.84. The van der Waals surface area contributed by atoms with E-state index in [1.165, 1.54) is 0 Å². The molecule has 0 amide bonds. The van der Waals surface area contributed by atoms with E-state index in [0.717, 1.165) is 26.1 Å². The van der Waals surface area contributed by atoms with Crippen LogP contribution in [-0.4, -0.2) is 50.5 Å². The molecular weight excluding hydrogens is 130 g/mol. The second-order valence-corrected chi connectivity index (χ2v) is 2.37. The van der Waals surface area contributed by atoms with Gasteiger partial charge in [-0.2, -0.15) is 0 Å². The smallest absolute Gasteiger partial charge is 0.0589 e. The van der Waals surface area contributed by atoms with E-state index in [0.29, 0.717) is 0 Å². The Morgan fingerprint density at radius 1 is 1.40 bits per heavy atom. The van der Waals surface area contributed by atoms with E-state index in [-0.39, 0.29) is 6.61 Å². The lowest BCUT2D eigenvalue weighted by atomic mass is 10.4. The number of hydrogen-bond acceptors (Lipinski definition) is 3. The molecular formula is C7H17NO2. The van der Waals surface area contributed by atoms with Crippen LogP contribution in [0, 0.1) is 0 Å². The molecule has 0 saturated heterocycles. The van der Waals surface area contributed by atoms with Gasteiger partial charge in [0.05, 0.1) is 6.61 Å². The molecule has 0 bridgehead atoms. The minimum atomic E-state index is 0.275. The summed E-state index contributed by atoms with van der Waals surface area (Å²) >= 11 is 0. The average Bonchev–Trinajstić information content (AvgIpc) is 1.97. The van der Waals surface area contributed by atoms with Crippen LogP contribution in [0.3, 0.4) is 0 Å². The van der Waals surface area contributed by atoms with Crippen molar-refractivity contribution < 1.29 is 9.84 Å². The molecule has 0 heterocycles. The van der Waals surface area contributed by atoms with Crippen molar-refractivity contribution in [3.8, 4) is 0 Å². The first kappa shape index (κ1) is 9.88. The summed E-state index contributed by atoms with van der Waals surface area (Å²) in [6, 6.07) is 0. The Morgan fingerprint density at radius 3 is 2.60 bits per heavy atom. The monoisotopic (exact) mass is 147 g/mol. The number of aliphatic hydroxyl groups excluding tert-OH is 1. The number of rotatable bonds is 6. The lowest BCUT2D eigenvalue weighted by Crippen LogP contribution is -2.24. The molecule has 10 heavy (non-hydrogen) atoms. The van der Waals surface area contributed by atoms with Crippen molar-refractivity contribution in [2.24, 2.45) is 0 Å². The Morgan fingerprint density at radius 2 is 2.10 bits per heavy atom. The van der Waals surface area contributed by atoms with E-state index in [9.17, 15) is 0 Å². The van der Waals surface area contributed by atoms with Crippen molar-refractivity contribution in [2.45, 2.75) is 6.42 Å². The Hall–Kier alpha value is -0.120. The van der Waals surface area contributed by atoms with Crippen LogP contribution in [0.2, 0.25) is 0 Å². The standard InChI is InChI=1S/C7H17NO2/c1-8(4-3-6-9)5-7-10-2/h9H,3-7H2,1-2H3. The number of aliphatic hydroxyl groups is 1. The van der Waals surface area contributed by atoms with Crippen LogP contribution in [0.15, 0.2) is 0 Å². The lowest BCUT2D eigenvalue weighted by molar-refractivity contribution is 0.155. The zero-order valence-corrected chi connectivity index (χ0v) is 6.84. The largest absolute Gasteiger partial charge is 0.396 e. The average molecular weight is 147 g/mol. The summed E-state index contributed by atoms with van der Waals surface area (Å²) in [4.78, 5) is 2.14. The second-order valence-electron chi connectivity index (χ2n) is 2.37. The van der Waals surface area contributed by atoms with Crippen molar-refractivity contribution >= 4 is 0 Å². The van der Waals surface area contributed by atoms with Crippen LogP contribution >= 0.6 is 0 Å². The first-order chi connectivity index (χ1) is 4.81. The number of ether oxygens (including phenoxy) is 1. The van der Waals surface area contributed by atoms with Gasteiger partial charge in [-0.1, -0.05) is 0 Å². The summed E-state index contributed by atoms with van der Waals surface area (Å²) in [7, 11) is 3.72. The highest BCUT2D eigenvalue weighted by Gasteiger charge is 1.94. The van der Waals surface area contributed by atoms with Gasteiger partial charge in [-0.05, 0) is 13.5 Å². The summed E-state index contributed by atoms with van der Waals surface area (Å²) in [5.41, 5.74) is 0. The predicted octanol–water partition coefficient (Wildman–Crippen LogP) is -0.0530. The highest BCUT2D eigenvalue weighted by atomic mass is 16.5. The second kappa shape index (κ2) is 6.99. The maximum atomic E-state index is 8.48. The molecule has 0 radical (unpaired) electrons. The Labute approximate surface area is 62.6 Å². The molecule has 0 aliphatic heterocycles. The summed E-state index contributed by atoms with van der Waals surface area (Å²) in [6.07, 6.45) is 0.847. The Kier molecular flexibility index (Phi) is 6.91. The van der Waals surface area contributed by atoms with Gasteiger partial charge in [0.25, 0.3) is 0 Å². The summed E-state index contributed by atoms with van der Waals surface area (Å²) in [5.74, 6) is 0. The first-order valence-electron chi connectivity index (χ1n) is 3.59. The lowest BCUT2D eigenvalue weighted by Gasteiger charge is -2.14. The minimum Gasteiger partial charge on any atom is -0.396 e. The molecule has 0 aliphatic carbocycles. The van der Waals surface area contributed by atoms with Crippen molar-refractivity contribution in [1.29, 1.82) is 0 Å². The quantitative estimate of drug-likeness (QED) is 0.571. The fourth-order valence-corrected chi connectivity index (χ4v) is 0.700. The number of nitrogens with zero attached hydrogens (tertiary/aromatic N) is 1. The maximum Gasteiger partial charge on any atom is 0.0589 e. The van der Waals surface area contributed by atoms with Crippen LogP contribution in [0.5, 0.6) is 0 Å². The van der Waals surface area contributed by atoms with Gasteiger partial charge in [-0.15, -0.1) is 0 Å². The van der Waals surface area contributed by atoms with Crippen LogP contribution in [-0.2, 0) is 4.74 Å². The molecule has 0 saturated carbocycles. The van der Waals surface area contributed by atoms with Gasteiger partial charge < -0.3 is 14.7 Å². The van der Waals surface area contributed by atoms with Crippen LogP contribution < -0.4 is 0 Å². The van der Waals surface area contributed by atoms with Crippen molar-refractivity contribution in [2.75, 3.05) is 40.5 Å². The van der Waals surface area contributed by atoms with E-state index in [4.69, 9.17) is 9.84 Å². The normalized spacial score (nSPS) is 10.8. The van der Waals surface area contributed by atoms with E-state index in [1.54, 1.807) is 7.11 Å². The topological polar surface area (TPSA) is 32.7 Å². The first-order valence-corrected chi connectivity index (χ1v) is 3.59. The van der Waals surface area contributed by atoms with Gasteiger partial charge in [0, 0.05) is 26.8 Å². The van der Waals surface area contributed by atoms with Crippen LogP contribution in [0.1, 0.15) is 6.42 Å². The third kappa shape index (κ3) is 6.01. The molecule has 0 fully saturated rings. The molecule has 0 aromatic carbocycles. The Bertz CT molecular complexity index is 60.6. The summed E-state index contributed by atoms with van der Waals surface area (Å²) < 4.78 is 4.89. The van der Waals surface area contributed by atoms with Gasteiger partial charge in [0.2, 0.25) is 0 Å². The van der Waals surface area contributed by atoms with Gasteiger partial charge >= 0.3 is 0 Å². The number of hydrogen-bond donors (Lipinski definition) is 1.